The summed E-state index contributed by atoms with van der Waals surface area (Å²) in [5.41, 5.74) is 5.85. The van der Waals surface area contributed by atoms with Gasteiger partial charge in [0, 0.05) is 43.2 Å². The van der Waals surface area contributed by atoms with Gasteiger partial charge in [-0.3, -0.25) is 33.3 Å². The molecule has 294 valence electrons. The first-order valence-electron chi connectivity index (χ1n) is 17.0. The molecule has 9 N–H and O–H groups in total. The highest BCUT2D eigenvalue weighted by molar-refractivity contribution is 7.46. The number of amides is 6. The number of thiophene rings is 1. The number of aryl methyl sites for hydroxylation is 2. The molecule has 0 aliphatic carbocycles. The second-order valence-electron chi connectivity index (χ2n) is 13.2. The third-order valence-electron chi connectivity index (χ3n) is 8.52. The third-order valence-corrected chi connectivity index (χ3v) is 10.1. The first-order chi connectivity index (χ1) is 24.9. The van der Waals surface area contributed by atoms with E-state index in [0.717, 1.165) is 11.8 Å². The SMILES string of the molecule is CC(=O)N1CCC[C@H]1C(=O)N[C@@H](CC(C)C)C(=O)N[C@@H](Cc1cncn1CCc1cccs1)C(=O)N[C@@H](CO)C(=O)N[C@H](C(N)=O)[C@@H](C)OP(=O)(O)O. The molecule has 0 spiro atoms. The largest absolute Gasteiger partial charge is 0.469 e. The van der Waals surface area contributed by atoms with Crippen LogP contribution in [0.3, 0.4) is 0 Å². The van der Waals surface area contributed by atoms with Crippen LogP contribution in [-0.4, -0.2) is 114 Å². The van der Waals surface area contributed by atoms with Gasteiger partial charge in [-0.25, -0.2) is 9.55 Å². The predicted molar refractivity (Wildman–Crippen MR) is 190 cm³/mol. The summed E-state index contributed by atoms with van der Waals surface area (Å²) >= 11 is 1.58. The summed E-state index contributed by atoms with van der Waals surface area (Å²) in [6, 6.07) is -2.85. The number of nitrogens with zero attached hydrogens (tertiary/aromatic N) is 3. The fourth-order valence-electron chi connectivity index (χ4n) is 5.90. The van der Waals surface area contributed by atoms with Crippen LogP contribution in [0, 0.1) is 5.92 Å². The summed E-state index contributed by atoms with van der Waals surface area (Å²) in [4.78, 5) is 103. The van der Waals surface area contributed by atoms with Gasteiger partial charge in [0.25, 0.3) is 0 Å². The maximum absolute atomic E-state index is 13.9. The van der Waals surface area contributed by atoms with Crippen molar-refractivity contribution in [3.05, 3.63) is 40.6 Å². The number of nitrogens with two attached hydrogens (primary N) is 1. The fourth-order valence-corrected chi connectivity index (χ4v) is 7.15. The van der Waals surface area contributed by atoms with Crippen LogP contribution >= 0.6 is 19.2 Å². The van der Waals surface area contributed by atoms with E-state index >= 15 is 0 Å². The molecule has 6 amide bonds. The molecule has 2 aromatic heterocycles. The lowest BCUT2D eigenvalue weighted by molar-refractivity contribution is -0.139. The molecule has 1 aliphatic heterocycles. The number of aliphatic hydroxyl groups excluding tert-OH is 1. The molecule has 3 heterocycles. The van der Waals surface area contributed by atoms with Gasteiger partial charge < -0.3 is 51.4 Å². The second kappa shape index (κ2) is 19.8. The number of aliphatic hydroxyl groups is 1. The van der Waals surface area contributed by atoms with Crippen LogP contribution in [-0.2, 0) is 57.2 Å². The fraction of sp³-hybridized carbons (Fsp3) is 0.594. The van der Waals surface area contributed by atoms with Crippen LogP contribution in [0.25, 0.3) is 0 Å². The number of phosphoric acid groups is 1. The number of hydrogen-bond acceptors (Lipinski definition) is 11. The Morgan fingerprint density at radius 2 is 1.70 bits per heavy atom. The number of carbonyl (C=O) groups is 6. The molecular formula is C32H49N8O11PS. The molecule has 0 unspecified atom stereocenters. The van der Waals surface area contributed by atoms with Crippen molar-refractivity contribution in [2.24, 2.45) is 11.7 Å². The predicted octanol–water partition coefficient (Wildman–Crippen LogP) is -1.30. The van der Waals surface area contributed by atoms with Crippen molar-refractivity contribution in [3.63, 3.8) is 0 Å². The van der Waals surface area contributed by atoms with E-state index in [2.05, 4.69) is 30.8 Å². The zero-order valence-electron chi connectivity index (χ0n) is 30.0. The number of imidazole rings is 1. The quantitative estimate of drug-likeness (QED) is 0.0728. The molecule has 21 heteroatoms. The lowest BCUT2D eigenvalue weighted by Crippen LogP contribution is -2.61. The Kier molecular flexibility index (Phi) is 16.1. The first kappa shape index (κ1) is 43.2. The van der Waals surface area contributed by atoms with Crippen molar-refractivity contribution in [1.82, 2.24) is 35.7 Å². The van der Waals surface area contributed by atoms with E-state index in [1.807, 2.05) is 31.4 Å². The van der Waals surface area contributed by atoms with Crippen LogP contribution in [0.1, 0.15) is 57.5 Å². The van der Waals surface area contributed by atoms with E-state index in [-0.39, 0.29) is 24.7 Å². The van der Waals surface area contributed by atoms with E-state index < -0.39 is 80.3 Å². The average molecular weight is 785 g/mol. The van der Waals surface area contributed by atoms with Gasteiger partial charge in [-0.05, 0) is 50.0 Å². The van der Waals surface area contributed by atoms with Gasteiger partial charge in [0.2, 0.25) is 35.4 Å². The highest BCUT2D eigenvalue weighted by atomic mass is 32.1. The number of carbonyl (C=O) groups excluding carboxylic acids is 6. The van der Waals surface area contributed by atoms with E-state index in [1.54, 1.807) is 22.2 Å². The summed E-state index contributed by atoms with van der Waals surface area (Å²) in [7, 11) is -5.10. The summed E-state index contributed by atoms with van der Waals surface area (Å²) in [6.07, 6.45) is 3.23. The zero-order chi connectivity index (χ0) is 39.5. The van der Waals surface area contributed by atoms with E-state index in [9.17, 15) is 38.4 Å². The van der Waals surface area contributed by atoms with Crippen LogP contribution in [0.4, 0.5) is 0 Å². The third kappa shape index (κ3) is 13.3. The molecule has 1 aliphatic rings. The number of rotatable bonds is 20. The topological polar surface area (TPSA) is 285 Å². The molecule has 0 bridgehead atoms. The number of likely N-dealkylation sites (tertiary alicyclic amines) is 1. The lowest BCUT2D eigenvalue weighted by atomic mass is 10.0. The van der Waals surface area contributed by atoms with Crippen LogP contribution in [0.5, 0.6) is 0 Å². The van der Waals surface area contributed by atoms with Crippen molar-refractivity contribution < 1.29 is 52.7 Å². The summed E-state index contributed by atoms with van der Waals surface area (Å²) in [5, 5.41) is 21.9. The van der Waals surface area contributed by atoms with Crippen molar-refractivity contribution in [3.8, 4) is 0 Å². The Morgan fingerprint density at radius 3 is 2.28 bits per heavy atom. The average Bonchev–Trinajstić information content (AvgIpc) is 3.85. The molecule has 53 heavy (non-hydrogen) atoms. The van der Waals surface area contributed by atoms with Gasteiger partial charge in [-0.2, -0.15) is 0 Å². The van der Waals surface area contributed by atoms with Crippen molar-refractivity contribution >= 4 is 54.6 Å². The smallest absolute Gasteiger partial charge is 0.394 e. The number of aromatic nitrogens is 2. The lowest BCUT2D eigenvalue weighted by Gasteiger charge is -2.28. The molecule has 0 saturated carbocycles. The summed E-state index contributed by atoms with van der Waals surface area (Å²) < 4.78 is 17.6. The number of nitrogens with one attached hydrogen (secondary N) is 4. The van der Waals surface area contributed by atoms with E-state index in [4.69, 9.17) is 15.5 Å². The van der Waals surface area contributed by atoms with Crippen LogP contribution in [0.2, 0.25) is 0 Å². The van der Waals surface area contributed by atoms with Gasteiger partial charge in [0.05, 0.1) is 19.0 Å². The van der Waals surface area contributed by atoms with Gasteiger partial charge in [-0.1, -0.05) is 19.9 Å². The summed E-state index contributed by atoms with van der Waals surface area (Å²) in [5.74, 6) is -4.87. The second-order valence-corrected chi connectivity index (χ2v) is 15.4. The Balaban J connectivity index is 1.86. The highest BCUT2D eigenvalue weighted by Crippen LogP contribution is 2.38. The molecular weight excluding hydrogens is 735 g/mol. The van der Waals surface area contributed by atoms with Crippen molar-refractivity contribution in [1.29, 1.82) is 0 Å². The molecule has 1 fully saturated rings. The highest BCUT2D eigenvalue weighted by Gasteiger charge is 2.37. The van der Waals surface area contributed by atoms with Gasteiger partial charge in [0.1, 0.15) is 30.2 Å². The maximum Gasteiger partial charge on any atom is 0.469 e. The molecule has 6 atom stereocenters. The minimum Gasteiger partial charge on any atom is -0.394 e. The maximum atomic E-state index is 13.9. The molecule has 0 radical (unpaired) electrons. The van der Waals surface area contributed by atoms with Gasteiger partial charge in [-0.15, -0.1) is 11.3 Å². The Labute approximate surface area is 310 Å². The van der Waals surface area contributed by atoms with Crippen LogP contribution in [0.15, 0.2) is 30.0 Å². The minimum atomic E-state index is -5.10. The molecule has 2 aromatic rings. The van der Waals surface area contributed by atoms with E-state index in [0.29, 0.717) is 38.0 Å². The monoisotopic (exact) mass is 784 g/mol. The number of primary amides is 1. The summed E-state index contributed by atoms with van der Waals surface area (Å²) in [6.45, 7) is 6.03. The molecule has 0 aromatic carbocycles. The van der Waals surface area contributed by atoms with Crippen molar-refractivity contribution in [2.75, 3.05) is 13.2 Å². The Hall–Kier alpha value is -4.20. The normalized spacial score (nSPS) is 17.4. The standard InChI is InChI=1S/C32H49N8O11PS/c1-18(2)13-23(36-32(47)26-8-5-10-40(26)20(4)42)29(44)35-24(14-21-15-34-17-39(21)11-9-22-7-6-12-53-22)30(45)37-25(16-41)31(46)38-27(28(33)43)19(3)51-52(48,49)50/h6-7,12,15,17-19,23-27,41H,5,8-11,13-14,16H2,1-4H3,(H2,33,43)(H,35,44)(H,36,47)(H,37,45)(H,38,46)(H2,48,49,50)/t19-,23+,24+,25+,26+,27+/m1/s1. The molecule has 19 nitrogen and oxygen atoms in total. The van der Waals surface area contributed by atoms with Crippen molar-refractivity contribution in [2.45, 2.75) is 103 Å². The Morgan fingerprint density at radius 1 is 1.04 bits per heavy atom. The van der Waals surface area contributed by atoms with Gasteiger partial charge in [0.15, 0.2) is 0 Å². The number of hydrogen-bond donors (Lipinski definition) is 8. The molecule has 3 rings (SSSR count). The first-order valence-corrected chi connectivity index (χ1v) is 19.4. The molecule has 1 saturated heterocycles. The number of phosphoric ester groups is 1. The van der Waals surface area contributed by atoms with Crippen LogP contribution < -0.4 is 27.0 Å². The van der Waals surface area contributed by atoms with Gasteiger partial charge >= 0.3 is 7.82 Å². The zero-order valence-corrected chi connectivity index (χ0v) is 31.7. The Bertz CT molecular complexity index is 1630. The van der Waals surface area contributed by atoms with E-state index in [1.165, 1.54) is 18.0 Å². The minimum absolute atomic E-state index is 0.0814.